The summed E-state index contributed by atoms with van der Waals surface area (Å²) in [4.78, 5) is 0. The average Bonchev–Trinajstić information content (AvgIpc) is 2.77. The Kier molecular flexibility index (Phi) is 2.46. The maximum atomic E-state index is 9.36. The molecule has 0 atom stereocenters. The summed E-state index contributed by atoms with van der Waals surface area (Å²) in [7, 11) is 0. The minimum Gasteiger partial charge on any atom is -0.392 e. The Morgan fingerprint density at radius 2 is 1.24 bits per heavy atom. The zero-order valence-electron chi connectivity index (χ0n) is 9.48. The van der Waals surface area contributed by atoms with Crippen LogP contribution in [0.25, 0.3) is 11.1 Å². The standard InChI is InChI=1S/C15H14O2/c16-8-10-3-1-5-12-13-6-2-4-11(9-17)15(13)7-14(10)12/h1-6,16-17H,7-9H2. The Bertz CT molecular complexity index is 522. The number of hydrogen-bond acceptors (Lipinski definition) is 2. The van der Waals surface area contributed by atoms with E-state index < -0.39 is 0 Å². The quantitative estimate of drug-likeness (QED) is 0.703. The van der Waals surface area contributed by atoms with Crippen LogP contribution in [0.2, 0.25) is 0 Å². The van der Waals surface area contributed by atoms with E-state index in [0.717, 1.165) is 17.5 Å². The van der Waals surface area contributed by atoms with Crippen molar-refractivity contribution >= 4 is 0 Å². The highest BCUT2D eigenvalue weighted by molar-refractivity contribution is 5.79. The summed E-state index contributed by atoms with van der Waals surface area (Å²) < 4.78 is 0. The van der Waals surface area contributed by atoms with E-state index in [4.69, 9.17) is 0 Å². The summed E-state index contributed by atoms with van der Waals surface area (Å²) in [6.07, 6.45) is 0.818. The van der Waals surface area contributed by atoms with Crippen LogP contribution in [0.15, 0.2) is 36.4 Å². The predicted octanol–water partition coefficient (Wildman–Crippen LogP) is 2.24. The molecular formula is C15H14O2. The Morgan fingerprint density at radius 1 is 0.765 bits per heavy atom. The van der Waals surface area contributed by atoms with Gasteiger partial charge in [-0.1, -0.05) is 36.4 Å². The molecule has 0 spiro atoms. The van der Waals surface area contributed by atoms with Gasteiger partial charge < -0.3 is 10.2 Å². The number of aliphatic hydroxyl groups excluding tert-OH is 2. The molecule has 0 saturated carbocycles. The molecule has 0 heterocycles. The van der Waals surface area contributed by atoms with E-state index in [1.54, 1.807) is 0 Å². The smallest absolute Gasteiger partial charge is 0.0684 e. The van der Waals surface area contributed by atoms with Gasteiger partial charge in [-0.25, -0.2) is 0 Å². The maximum absolute atomic E-state index is 9.36. The Labute approximate surface area is 100 Å². The van der Waals surface area contributed by atoms with Crippen molar-refractivity contribution < 1.29 is 10.2 Å². The molecule has 0 fully saturated rings. The molecule has 0 amide bonds. The first-order valence-electron chi connectivity index (χ1n) is 5.78. The van der Waals surface area contributed by atoms with Gasteiger partial charge in [0, 0.05) is 0 Å². The van der Waals surface area contributed by atoms with Gasteiger partial charge in [0.15, 0.2) is 0 Å². The molecule has 0 unspecified atom stereocenters. The second-order valence-electron chi connectivity index (χ2n) is 4.38. The van der Waals surface area contributed by atoms with Crippen molar-refractivity contribution in [3.8, 4) is 11.1 Å². The van der Waals surface area contributed by atoms with Gasteiger partial charge in [-0.2, -0.15) is 0 Å². The first kappa shape index (κ1) is 10.5. The van der Waals surface area contributed by atoms with Gasteiger partial charge in [0.1, 0.15) is 0 Å². The Balaban J connectivity index is 2.23. The van der Waals surface area contributed by atoms with Crippen molar-refractivity contribution in [1.29, 1.82) is 0 Å². The van der Waals surface area contributed by atoms with E-state index in [1.807, 2.05) is 24.3 Å². The molecule has 1 aliphatic rings. The molecule has 2 nitrogen and oxygen atoms in total. The van der Waals surface area contributed by atoms with Crippen molar-refractivity contribution in [2.75, 3.05) is 0 Å². The predicted molar refractivity (Wildman–Crippen MR) is 66.5 cm³/mol. The fourth-order valence-corrected chi connectivity index (χ4v) is 2.66. The van der Waals surface area contributed by atoms with Crippen LogP contribution < -0.4 is 0 Å². The number of benzene rings is 2. The van der Waals surface area contributed by atoms with Crippen LogP contribution in [0, 0.1) is 0 Å². The van der Waals surface area contributed by atoms with E-state index in [0.29, 0.717) is 0 Å². The van der Waals surface area contributed by atoms with Gasteiger partial charge in [0.05, 0.1) is 13.2 Å². The molecule has 2 aromatic carbocycles. The molecule has 0 aromatic heterocycles. The topological polar surface area (TPSA) is 40.5 Å². The van der Waals surface area contributed by atoms with Crippen molar-refractivity contribution in [2.45, 2.75) is 19.6 Å². The van der Waals surface area contributed by atoms with Crippen LogP contribution in [0.4, 0.5) is 0 Å². The zero-order chi connectivity index (χ0) is 11.8. The third kappa shape index (κ3) is 1.49. The molecule has 86 valence electrons. The molecule has 17 heavy (non-hydrogen) atoms. The fraction of sp³-hybridized carbons (Fsp3) is 0.200. The van der Waals surface area contributed by atoms with Crippen LogP contribution in [-0.4, -0.2) is 10.2 Å². The monoisotopic (exact) mass is 226 g/mol. The van der Waals surface area contributed by atoms with Gasteiger partial charge in [0.25, 0.3) is 0 Å². The van der Waals surface area contributed by atoms with Crippen molar-refractivity contribution in [1.82, 2.24) is 0 Å². The average molecular weight is 226 g/mol. The summed E-state index contributed by atoms with van der Waals surface area (Å²) in [6, 6.07) is 12.0. The van der Waals surface area contributed by atoms with Crippen LogP contribution in [0.5, 0.6) is 0 Å². The second-order valence-corrected chi connectivity index (χ2v) is 4.38. The van der Waals surface area contributed by atoms with Gasteiger partial charge in [-0.15, -0.1) is 0 Å². The van der Waals surface area contributed by atoms with Crippen molar-refractivity contribution in [3.63, 3.8) is 0 Å². The van der Waals surface area contributed by atoms with Crippen LogP contribution in [-0.2, 0) is 19.6 Å². The third-order valence-corrected chi connectivity index (χ3v) is 3.53. The summed E-state index contributed by atoms with van der Waals surface area (Å²) in [5.41, 5.74) is 6.77. The number of fused-ring (bicyclic) bond motifs is 3. The van der Waals surface area contributed by atoms with E-state index in [1.165, 1.54) is 22.3 Å². The Morgan fingerprint density at radius 3 is 1.65 bits per heavy atom. The molecule has 0 saturated heterocycles. The normalized spacial score (nSPS) is 12.4. The number of hydrogen-bond donors (Lipinski definition) is 2. The second kappa shape index (κ2) is 3.99. The SMILES string of the molecule is OCc1cccc2c1Cc1c(CO)cccc1-2. The zero-order valence-corrected chi connectivity index (χ0v) is 9.48. The highest BCUT2D eigenvalue weighted by Gasteiger charge is 2.22. The lowest BCUT2D eigenvalue weighted by Gasteiger charge is -2.04. The van der Waals surface area contributed by atoms with Gasteiger partial charge >= 0.3 is 0 Å². The molecule has 1 aliphatic carbocycles. The summed E-state index contributed by atoms with van der Waals surface area (Å²) >= 11 is 0. The van der Waals surface area contributed by atoms with E-state index >= 15 is 0 Å². The highest BCUT2D eigenvalue weighted by Crippen LogP contribution is 2.39. The van der Waals surface area contributed by atoms with Gasteiger partial charge in [0.2, 0.25) is 0 Å². The molecule has 2 heteroatoms. The number of rotatable bonds is 2. The molecule has 2 N–H and O–H groups in total. The molecule has 0 aliphatic heterocycles. The maximum Gasteiger partial charge on any atom is 0.0684 e. The molecule has 3 rings (SSSR count). The van der Waals surface area contributed by atoms with Crippen LogP contribution in [0.1, 0.15) is 22.3 Å². The third-order valence-electron chi connectivity index (χ3n) is 3.53. The van der Waals surface area contributed by atoms with Crippen LogP contribution in [0.3, 0.4) is 0 Å². The molecule has 0 bridgehead atoms. The van der Waals surface area contributed by atoms with Gasteiger partial charge in [-0.05, 0) is 39.8 Å². The van der Waals surface area contributed by atoms with Gasteiger partial charge in [-0.3, -0.25) is 0 Å². The fourth-order valence-electron chi connectivity index (χ4n) is 2.66. The Hall–Kier alpha value is -1.64. The minimum absolute atomic E-state index is 0.0750. The number of aliphatic hydroxyl groups is 2. The van der Waals surface area contributed by atoms with Crippen LogP contribution >= 0.6 is 0 Å². The van der Waals surface area contributed by atoms with Crippen molar-refractivity contribution in [3.05, 3.63) is 58.7 Å². The summed E-state index contributed by atoms with van der Waals surface area (Å²) in [5.74, 6) is 0. The summed E-state index contributed by atoms with van der Waals surface area (Å²) in [5, 5.41) is 18.7. The minimum atomic E-state index is 0.0750. The van der Waals surface area contributed by atoms with E-state index in [9.17, 15) is 10.2 Å². The first-order valence-corrected chi connectivity index (χ1v) is 5.78. The lowest BCUT2D eigenvalue weighted by Crippen LogP contribution is -1.94. The molecule has 2 aromatic rings. The van der Waals surface area contributed by atoms with Crippen molar-refractivity contribution in [2.24, 2.45) is 0 Å². The first-order chi connectivity index (χ1) is 8.35. The lowest BCUT2D eigenvalue weighted by molar-refractivity contribution is 0.280. The lowest BCUT2D eigenvalue weighted by atomic mass is 10.0. The largest absolute Gasteiger partial charge is 0.392 e. The van der Waals surface area contributed by atoms with E-state index in [-0.39, 0.29) is 13.2 Å². The summed E-state index contributed by atoms with van der Waals surface area (Å²) in [6.45, 7) is 0.150. The molecular weight excluding hydrogens is 212 g/mol. The molecule has 0 radical (unpaired) electrons. The van der Waals surface area contributed by atoms with E-state index in [2.05, 4.69) is 12.1 Å². The highest BCUT2D eigenvalue weighted by atomic mass is 16.3.